The van der Waals surface area contributed by atoms with Crippen LogP contribution in [-0.2, 0) is 12.2 Å². The quantitative estimate of drug-likeness (QED) is 0.536. The van der Waals surface area contributed by atoms with Crippen molar-refractivity contribution >= 4 is 0 Å². The predicted octanol–water partition coefficient (Wildman–Crippen LogP) is 5.64. The van der Waals surface area contributed by atoms with Gasteiger partial charge >= 0.3 is 12.4 Å². The van der Waals surface area contributed by atoms with Gasteiger partial charge in [0.05, 0.1) is 0 Å². The maximum Gasteiger partial charge on any atom is 0.430 e. The summed E-state index contributed by atoms with van der Waals surface area (Å²) in [5.41, 5.74) is -4.56. The second kappa shape index (κ2) is 7.98. The molecule has 3 rings (SSSR count). The zero-order valence-electron chi connectivity index (χ0n) is 15.2. The summed E-state index contributed by atoms with van der Waals surface area (Å²) in [5.74, 6) is 0.308. The molecule has 3 aromatic rings. The van der Waals surface area contributed by atoms with Crippen molar-refractivity contribution in [3.05, 3.63) is 84.1 Å². The van der Waals surface area contributed by atoms with Gasteiger partial charge in [-0.2, -0.15) is 26.3 Å². The Morgan fingerprint density at radius 3 is 1.80 bits per heavy atom. The van der Waals surface area contributed by atoms with E-state index < -0.39 is 23.5 Å². The lowest BCUT2D eigenvalue weighted by Crippen LogP contribution is -2.53. The summed E-state index contributed by atoms with van der Waals surface area (Å²) < 4.78 is 83.3. The molecular weight excluding hydrogens is 412 g/mol. The van der Waals surface area contributed by atoms with Crippen molar-refractivity contribution in [2.45, 2.75) is 24.6 Å². The molecule has 158 valence electrons. The number of halogens is 6. The molecule has 0 bridgehead atoms. The third kappa shape index (κ3) is 4.25. The molecule has 0 saturated heterocycles. The van der Waals surface area contributed by atoms with Crippen LogP contribution in [0, 0.1) is 0 Å². The number of pyridine rings is 1. The van der Waals surface area contributed by atoms with Crippen LogP contribution in [-0.4, -0.2) is 22.4 Å². The van der Waals surface area contributed by atoms with Crippen molar-refractivity contribution in [2.24, 2.45) is 0 Å². The summed E-state index contributed by atoms with van der Waals surface area (Å²) in [6.45, 7) is 0.287. The van der Waals surface area contributed by atoms with Crippen LogP contribution < -0.4 is 4.74 Å². The number of rotatable bonds is 5. The Bertz CT molecular complexity index is 954. The van der Waals surface area contributed by atoms with E-state index in [1.54, 1.807) is 6.07 Å². The lowest BCUT2D eigenvalue weighted by molar-refractivity contribution is -0.376. The largest absolute Gasteiger partial charge is 0.473 e. The normalized spacial score (nSPS) is 12.6. The SMILES string of the molecule is OC(c1ccc(-c2ccc(OCc3ccccc3)nc2)cc1)(C(F)(F)F)C(F)(F)F. The molecule has 3 nitrogen and oxygen atoms in total. The van der Waals surface area contributed by atoms with Crippen molar-refractivity contribution < 1.29 is 36.2 Å². The van der Waals surface area contributed by atoms with Crippen molar-refractivity contribution in [3.63, 3.8) is 0 Å². The van der Waals surface area contributed by atoms with Gasteiger partial charge in [-0.05, 0) is 17.2 Å². The van der Waals surface area contributed by atoms with Crippen LogP contribution in [0.4, 0.5) is 26.3 Å². The summed E-state index contributed by atoms with van der Waals surface area (Å²) in [6, 6.07) is 15.7. The Hall–Kier alpha value is -3.07. The summed E-state index contributed by atoms with van der Waals surface area (Å²) in [6.07, 6.45) is -10.5. The van der Waals surface area contributed by atoms with E-state index in [0.29, 0.717) is 29.1 Å². The first kappa shape index (κ1) is 21.6. The van der Waals surface area contributed by atoms with E-state index in [2.05, 4.69) is 4.98 Å². The second-order valence-corrected chi connectivity index (χ2v) is 6.44. The van der Waals surface area contributed by atoms with E-state index in [4.69, 9.17) is 4.74 Å². The fourth-order valence-corrected chi connectivity index (χ4v) is 2.76. The van der Waals surface area contributed by atoms with Gasteiger partial charge in [0, 0.05) is 23.4 Å². The Balaban J connectivity index is 1.77. The van der Waals surface area contributed by atoms with Crippen LogP contribution in [0.2, 0.25) is 0 Å². The Morgan fingerprint density at radius 2 is 1.30 bits per heavy atom. The van der Waals surface area contributed by atoms with Crippen molar-refractivity contribution in [1.29, 1.82) is 0 Å². The van der Waals surface area contributed by atoms with Gasteiger partial charge in [-0.1, -0.05) is 54.6 Å². The van der Waals surface area contributed by atoms with Crippen molar-refractivity contribution in [2.75, 3.05) is 0 Å². The van der Waals surface area contributed by atoms with Crippen LogP contribution in [0.25, 0.3) is 11.1 Å². The molecule has 9 heteroatoms. The highest BCUT2D eigenvalue weighted by atomic mass is 19.4. The highest BCUT2D eigenvalue weighted by molar-refractivity contribution is 5.63. The summed E-state index contributed by atoms with van der Waals surface area (Å²) >= 11 is 0. The molecule has 0 fully saturated rings. The number of nitrogens with zero attached hydrogens (tertiary/aromatic N) is 1. The standard InChI is InChI=1S/C21H15F6NO2/c22-20(23,24)19(29,21(25,26)27)17-9-6-15(7-10-17)16-8-11-18(28-12-16)30-13-14-4-2-1-3-5-14/h1-12,29H,13H2. The number of aromatic nitrogens is 1. The van der Waals surface area contributed by atoms with E-state index >= 15 is 0 Å². The number of hydrogen-bond donors (Lipinski definition) is 1. The van der Waals surface area contributed by atoms with Gasteiger partial charge in [0.2, 0.25) is 5.88 Å². The summed E-state index contributed by atoms with van der Waals surface area (Å²) in [7, 11) is 0. The van der Waals surface area contributed by atoms with Gasteiger partial charge in [0.1, 0.15) is 6.61 Å². The first-order valence-corrected chi connectivity index (χ1v) is 8.62. The third-order valence-electron chi connectivity index (χ3n) is 4.42. The molecule has 0 aliphatic heterocycles. The molecule has 0 saturated carbocycles. The summed E-state index contributed by atoms with van der Waals surface area (Å²) in [5, 5.41) is 9.43. The molecular formula is C21H15F6NO2. The minimum absolute atomic E-state index is 0.287. The maximum atomic E-state index is 13.0. The molecule has 0 amide bonds. The topological polar surface area (TPSA) is 42.4 Å². The van der Waals surface area contributed by atoms with Gasteiger partial charge < -0.3 is 9.84 Å². The van der Waals surface area contributed by atoms with Crippen LogP contribution in [0.3, 0.4) is 0 Å². The van der Waals surface area contributed by atoms with Crippen LogP contribution in [0.1, 0.15) is 11.1 Å². The number of hydrogen-bond acceptors (Lipinski definition) is 3. The molecule has 2 aromatic carbocycles. The lowest BCUT2D eigenvalue weighted by atomic mass is 9.91. The molecule has 0 aliphatic carbocycles. The predicted molar refractivity (Wildman–Crippen MR) is 96.5 cm³/mol. The minimum atomic E-state index is -5.92. The first-order valence-electron chi connectivity index (χ1n) is 8.62. The minimum Gasteiger partial charge on any atom is -0.473 e. The molecule has 0 spiro atoms. The monoisotopic (exact) mass is 427 g/mol. The van der Waals surface area contributed by atoms with E-state index in [1.807, 2.05) is 30.3 Å². The average molecular weight is 427 g/mol. The molecule has 0 unspecified atom stereocenters. The number of ether oxygens (including phenoxy) is 1. The molecule has 30 heavy (non-hydrogen) atoms. The van der Waals surface area contributed by atoms with Crippen LogP contribution in [0.15, 0.2) is 72.9 Å². The lowest BCUT2D eigenvalue weighted by Gasteiger charge is -2.32. The Morgan fingerprint density at radius 1 is 0.733 bits per heavy atom. The fraction of sp³-hybridized carbons (Fsp3) is 0.190. The van der Waals surface area contributed by atoms with Gasteiger partial charge in [0.25, 0.3) is 5.60 Å². The molecule has 0 atom stereocenters. The Kier molecular flexibility index (Phi) is 5.76. The molecule has 0 radical (unpaired) electrons. The molecule has 1 aromatic heterocycles. The molecule has 1 heterocycles. The highest BCUT2D eigenvalue weighted by Crippen LogP contribution is 2.50. The van der Waals surface area contributed by atoms with Crippen LogP contribution in [0.5, 0.6) is 5.88 Å². The number of alkyl halides is 6. The first-order chi connectivity index (χ1) is 14.0. The van der Waals surface area contributed by atoms with Crippen LogP contribution >= 0.6 is 0 Å². The maximum absolute atomic E-state index is 13.0. The van der Waals surface area contributed by atoms with E-state index in [0.717, 1.165) is 17.7 Å². The van der Waals surface area contributed by atoms with Gasteiger partial charge in [0.15, 0.2) is 0 Å². The van der Waals surface area contributed by atoms with Crippen molar-refractivity contribution in [1.82, 2.24) is 4.98 Å². The van der Waals surface area contributed by atoms with Crippen molar-refractivity contribution in [3.8, 4) is 17.0 Å². The summed E-state index contributed by atoms with van der Waals surface area (Å²) in [4.78, 5) is 4.09. The van der Waals surface area contributed by atoms with Gasteiger partial charge in [-0.25, -0.2) is 4.98 Å². The fourth-order valence-electron chi connectivity index (χ4n) is 2.76. The van der Waals surface area contributed by atoms with E-state index in [1.165, 1.54) is 12.3 Å². The van der Waals surface area contributed by atoms with E-state index in [-0.39, 0.29) is 6.61 Å². The average Bonchev–Trinajstić information content (AvgIpc) is 2.71. The number of benzene rings is 2. The second-order valence-electron chi connectivity index (χ2n) is 6.44. The zero-order chi connectivity index (χ0) is 22.0. The smallest absolute Gasteiger partial charge is 0.430 e. The van der Waals surface area contributed by atoms with Gasteiger partial charge in [-0.15, -0.1) is 0 Å². The Labute approximate surface area is 167 Å². The third-order valence-corrected chi connectivity index (χ3v) is 4.42. The highest BCUT2D eigenvalue weighted by Gasteiger charge is 2.71. The van der Waals surface area contributed by atoms with Gasteiger partial charge in [-0.3, -0.25) is 0 Å². The zero-order valence-corrected chi connectivity index (χ0v) is 15.2. The molecule has 1 N–H and O–H groups in total. The van der Waals surface area contributed by atoms with E-state index in [9.17, 15) is 31.4 Å². The number of aliphatic hydroxyl groups is 1. The molecule has 0 aliphatic rings.